The predicted molar refractivity (Wildman–Crippen MR) is 126 cm³/mol. The molecular weight excluding hydrogens is 475 g/mol. The highest BCUT2D eigenvalue weighted by Crippen LogP contribution is 2.33. The summed E-state index contributed by atoms with van der Waals surface area (Å²) in [5.41, 5.74) is 1.12. The van der Waals surface area contributed by atoms with Crippen LogP contribution >= 0.6 is 45.9 Å². The van der Waals surface area contributed by atoms with E-state index in [2.05, 4.69) is 11.6 Å². The third kappa shape index (κ3) is 4.06. The van der Waals surface area contributed by atoms with E-state index in [4.69, 9.17) is 27.9 Å². The van der Waals surface area contributed by atoms with Crippen molar-refractivity contribution in [3.05, 3.63) is 99.8 Å². The molecule has 158 valence electrons. The van der Waals surface area contributed by atoms with Crippen LogP contribution in [-0.2, 0) is 9.53 Å². The van der Waals surface area contributed by atoms with Gasteiger partial charge in [-0.1, -0.05) is 59.3 Å². The van der Waals surface area contributed by atoms with Crippen molar-refractivity contribution in [2.75, 3.05) is 6.61 Å². The Morgan fingerprint density at radius 2 is 2.03 bits per heavy atom. The Bertz CT molecular complexity index is 1360. The molecule has 0 fully saturated rings. The minimum atomic E-state index is -0.627. The summed E-state index contributed by atoms with van der Waals surface area (Å²) >= 11 is 15.3. The van der Waals surface area contributed by atoms with Crippen molar-refractivity contribution in [1.82, 2.24) is 4.57 Å². The molecule has 0 radical (unpaired) electrons. The van der Waals surface area contributed by atoms with E-state index in [1.54, 1.807) is 31.2 Å². The Morgan fingerprint density at radius 3 is 2.68 bits per heavy atom. The zero-order chi connectivity index (χ0) is 22.1. The van der Waals surface area contributed by atoms with Gasteiger partial charge in [0.1, 0.15) is 12.6 Å². The van der Waals surface area contributed by atoms with Crippen LogP contribution in [0.25, 0.3) is 6.08 Å². The van der Waals surface area contributed by atoms with Crippen LogP contribution in [0.1, 0.15) is 23.4 Å². The van der Waals surface area contributed by atoms with Gasteiger partial charge in [-0.15, -0.1) is 11.3 Å². The van der Waals surface area contributed by atoms with E-state index in [1.165, 1.54) is 33.3 Å². The maximum atomic E-state index is 13.4. The fraction of sp³-hybridized carbons (Fsp3) is 0.136. The highest BCUT2D eigenvalue weighted by atomic mass is 35.5. The molecule has 0 N–H and O–H groups in total. The molecule has 2 aromatic heterocycles. The molecule has 31 heavy (non-hydrogen) atoms. The van der Waals surface area contributed by atoms with E-state index in [9.17, 15) is 9.59 Å². The Balaban J connectivity index is 1.95. The normalized spacial score (nSPS) is 16.1. The number of hydrogen-bond acceptors (Lipinski definition) is 6. The Hall–Kier alpha value is -2.45. The zero-order valence-corrected chi connectivity index (χ0v) is 19.4. The number of benzene rings is 1. The van der Waals surface area contributed by atoms with Gasteiger partial charge in [-0.3, -0.25) is 9.36 Å². The molecule has 0 amide bonds. The van der Waals surface area contributed by atoms with Gasteiger partial charge in [0.15, 0.2) is 4.80 Å². The predicted octanol–water partition coefficient (Wildman–Crippen LogP) is 4.33. The molecule has 0 aliphatic carbocycles. The first-order chi connectivity index (χ1) is 14.9. The van der Waals surface area contributed by atoms with Gasteiger partial charge >= 0.3 is 5.97 Å². The van der Waals surface area contributed by atoms with Gasteiger partial charge in [0.05, 0.1) is 15.8 Å². The Kier molecular flexibility index (Phi) is 6.29. The number of fused-ring (bicyclic) bond motifs is 1. The van der Waals surface area contributed by atoms with Crippen LogP contribution in [0, 0.1) is 0 Å². The van der Waals surface area contributed by atoms with E-state index < -0.39 is 12.0 Å². The number of carbonyl (C=O) groups is 1. The molecule has 4 rings (SSSR count). The van der Waals surface area contributed by atoms with Gasteiger partial charge in [0.2, 0.25) is 0 Å². The second kappa shape index (κ2) is 8.96. The maximum absolute atomic E-state index is 13.4. The summed E-state index contributed by atoms with van der Waals surface area (Å²) in [5, 5.41) is 2.78. The van der Waals surface area contributed by atoms with E-state index in [-0.39, 0.29) is 12.2 Å². The molecule has 1 aliphatic heterocycles. The summed E-state index contributed by atoms with van der Waals surface area (Å²) < 4.78 is 7.25. The number of halogens is 2. The quantitative estimate of drug-likeness (QED) is 0.394. The molecule has 1 aromatic carbocycles. The summed E-state index contributed by atoms with van der Waals surface area (Å²) in [6.07, 6.45) is 3.16. The SMILES string of the molecule is C=CCOC(=O)C1=C(C)N=c2sc(=Cc3c(Cl)cccc3Cl)c(=O)n2C1c1cccs1. The average Bonchev–Trinajstić information content (AvgIpc) is 3.37. The number of aromatic nitrogens is 1. The molecule has 0 spiro atoms. The molecular formula is C22H16Cl2N2O3S2. The van der Waals surface area contributed by atoms with Crippen LogP contribution in [-0.4, -0.2) is 17.1 Å². The monoisotopic (exact) mass is 490 g/mol. The number of carbonyl (C=O) groups excluding carboxylic acids is 1. The summed E-state index contributed by atoms with van der Waals surface area (Å²) in [6.45, 7) is 5.39. The molecule has 3 heterocycles. The molecule has 0 saturated heterocycles. The van der Waals surface area contributed by atoms with Gasteiger partial charge in [-0.25, -0.2) is 9.79 Å². The molecule has 1 unspecified atom stereocenters. The first-order valence-corrected chi connectivity index (χ1v) is 11.7. The third-order valence-electron chi connectivity index (χ3n) is 4.66. The number of thiophene rings is 1. The lowest BCUT2D eigenvalue weighted by atomic mass is 10.0. The lowest BCUT2D eigenvalue weighted by molar-refractivity contribution is -0.138. The lowest BCUT2D eigenvalue weighted by Gasteiger charge is -2.23. The van der Waals surface area contributed by atoms with Gasteiger partial charge in [-0.05, 0) is 36.6 Å². The third-order valence-corrected chi connectivity index (χ3v) is 7.23. The van der Waals surface area contributed by atoms with Gasteiger partial charge in [0, 0.05) is 20.5 Å². The summed E-state index contributed by atoms with van der Waals surface area (Å²) in [4.78, 5) is 32.2. The zero-order valence-electron chi connectivity index (χ0n) is 16.3. The number of allylic oxidation sites excluding steroid dienone is 1. The van der Waals surface area contributed by atoms with Crippen LogP contribution in [0.15, 0.2) is 69.4 Å². The van der Waals surface area contributed by atoms with Gasteiger partial charge < -0.3 is 4.74 Å². The van der Waals surface area contributed by atoms with Gasteiger partial charge in [0.25, 0.3) is 5.56 Å². The minimum absolute atomic E-state index is 0.0716. The standard InChI is InChI=1S/C22H16Cl2N2O3S2/c1-3-9-29-21(28)18-12(2)25-22-26(19(18)16-8-5-10-30-16)20(27)17(31-22)11-13-14(23)6-4-7-15(13)24/h3-8,10-11,19H,1,9H2,2H3. The number of hydrogen-bond donors (Lipinski definition) is 0. The van der Waals surface area contributed by atoms with Crippen molar-refractivity contribution < 1.29 is 9.53 Å². The second-order valence-corrected chi connectivity index (χ2v) is 9.42. The van der Waals surface area contributed by atoms with Crippen LogP contribution < -0.4 is 14.9 Å². The van der Waals surface area contributed by atoms with Crippen molar-refractivity contribution in [3.63, 3.8) is 0 Å². The van der Waals surface area contributed by atoms with Crippen LogP contribution in [0.5, 0.6) is 0 Å². The first kappa shape index (κ1) is 21.8. The number of thiazole rings is 1. The van der Waals surface area contributed by atoms with E-state index >= 15 is 0 Å². The van der Waals surface area contributed by atoms with Crippen molar-refractivity contribution in [2.24, 2.45) is 4.99 Å². The smallest absolute Gasteiger partial charge is 0.338 e. The van der Waals surface area contributed by atoms with E-state index in [1.807, 2.05) is 17.5 Å². The molecule has 3 aromatic rings. The maximum Gasteiger partial charge on any atom is 0.338 e. The van der Waals surface area contributed by atoms with E-state index in [0.717, 1.165) is 4.88 Å². The molecule has 1 atom stereocenters. The number of rotatable bonds is 5. The molecule has 0 saturated carbocycles. The van der Waals surface area contributed by atoms with Crippen molar-refractivity contribution in [2.45, 2.75) is 13.0 Å². The average molecular weight is 491 g/mol. The van der Waals surface area contributed by atoms with Crippen LogP contribution in [0.2, 0.25) is 10.0 Å². The van der Waals surface area contributed by atoms with Crippen LogP contribution in [0.4, 0.5) is 0 Å². The molecule has 5 nitrogen and oxygen atoms in total. The molecule has 9 heteroatoms. The minimum Gasteiger partial charge on any atom is -0.458 e. The molecule has 1 aliphatic rings. The Labute approximate surface area is 195 Å². The van der Waals surface area contributed by atoms with Gasteiger partial charge in [-0.2, -0.15) is 0 Å². The highest BCUT2D eigenvalue weighted by Gasteiger charge is 2.33. The van der Waals surface area contributed by atoms with Crippen molar-refractivity contribution in [3.8, 4) is 0 Å². The highest BCUT2D eigenvalue weighted by molar-refractivity contribution is 7.10. The summed E-state index contributed by atoms with van der Waals surface area (Å²) in [7, 11) is 0. The Morgan fingerprint density at radius 1 is 1.29 bits per heavy atom. The topological polar surface area (TPSA) is 60.7 Å². The fourth-order valence-corrected chi connectivity index (χ4v) is 5.65. The largest absolute Gasteiger partial charge is 0.458 e. The number of nitrogens with zero attached hydrogens (tertiary/aromatic N) is 2. The number of ether oxygens (including phenoxy) is 1. The van der Waals surface area contributed by atoms with Crippen molar-refractivity contribution in [1.29, 1.82) is 0 Å². The van der Waals surface area contributed by atoms with E-state index in [0.29, 0.717) is 36.2 Å². The van der Waals surface area contributed by atoms with Crippen molar-refractivity contribution >= 4 is 57.9 Å². The first-order valence-electron chi connectivity index (χ1n) is 9.20. The lowest BCUT2D eigenvalue weighted by Crippen LogP contribution is -2.39. The summed E-state index contributed by atoms with van der Waals surface area (Å²) in [5.74, 6) is -0.525. The second-order valence-electron chi connectivity index (χ2n) is 6.62. The molecule has 0 bridgehead atoms. The number of esters is 1. The fourth-order valence-electron chi connectivity index (χ4n) is 3.29. The van der Waals surface area contributed by atoms with Crippen LogP contribution in [0.3, 0.4) is 0 Å². The summed E-state index contributed by atoms with van der Waals surface area (Å²) in [6, 6.07) is 8.30.